The van der Waals surface area contributed by atoms with Gasteiger partial charge in [0.15, 0.2) is 0 Å². The van der Waals surface area contributed by atoms with Crippen molar-refractivity contribution < 1.29 is 13.6 Å². The topological polar surface area (TPSA) is 29.1 Å². The molecule has 78 valence electrons. The van der Waals surface area contributed by atoms with Gasteiger partial charge in [-0.05, 0) is 12.3 Å². The normalized spacial score (nSPS) is 43.1. The zero-order valence-electron chi connectivity index (χ0n) is 7.75. The second-order valence-electron chi connectivity index (χ2n) is 3.98. The fourth-order valence-electron chi connectivity index (χ4n) is 2.07. The molecule has 1 saturated heterocycles. The average molecular weight is 201 g/mol. The van der Waals surface area contributed by atoms with E-state index in [1.165, 1.54) is 6.08 Å². The number of hydrogen-bond donors (Lipinski definition) is 1. The summed E-state index contributed by atoms with van der Waals surface area (Å²) in [6, 6.07) is 0.00417. The van der Waals surface area contributed by atoms with Crippen molar-refractivity contribution in [3.8, 4) is 0 Å². The summed E-state index contributed by atoms with van der Waals surface area (Å²) in [6.45, 7) is 0.366. The first kappa shape index (κ1) is 9.77. The monoisotopic (exact) mass is 201 g/mol. The van der Waals surface area contributed by atoms with Crippen LogP contribution in [0.25, 0.3) is 0 Å². The summed E-state index contributed by atoms with van der Waals surface area (Å²) in [4.78, 5) is 11.0. The summed E-state index contributed by atoms with van der Waals surface area (Å²) >= 11 is 0. The third-order valence-electron chi connectivity index (χ3n) is 2.91. The van der Waals surface area contributed by atoms with E-state index in [1.807, 2.05) is 0 Å². The summed E-state index contributed by atoms with van der Waals surface area (Å²) in [7, 11) is 0. The molecular weight excluding hydrogens is 188 g/mol. The molecule has 1 aliphatic carbocycles. The quantitative estimate of drug-likeness (QED) is 0.645. The van der Waals surface area contributed by atoms with Crippen molar-refractivity contribution in [3.05, 3.63) is 12.2 Å². The summed E-state index contributed by atoms with van der Waals surface area (Å²) < 4.78 is 25.8. The lowest BCUT2D eigenvalue weighted by atomic mass is 9.87. The summed E-state index contributed by atoms with van der Waals surface area (Å²) in [6.07, 6.45) is 0.701. The molecule has 4 atom stereocenters. The zero-order chi connectivity index (χ0) is 10.1. The highest BCUT2D eigenvalue weighted by Gasteiger charge is 2.33. The van der Waals surface area contributed by atoms with Gasteiger partial charge in [0.1, 0.15) is 18.1 Å². The number of carbonyl (C=O) groups is 1. The van der Waals surface area contributed by atoms with Gasteiger partial charge in [-0.3, -0.25) is 4.79 Å². The summed E-state index contributed by atoms with van der Waals surface area (Å²) in [5, 5.41) is 3.02. The second-order valence-corrected chi connectivity index (χ2v) is 3.98. The number of nitrogens with one attached hydrogen (secondary N) is 1. The molecule has 1 heterocycles. The molecule has 2 rings (SSSR count). The molecule has 1 N–H and O–H groups in total. The lowest BCUT2D eigenvalue weighted by Crippen LogP contribution is -2.35. The Hall–Kier alpha value is -0.770. The maximum Gasteiger partial charge on any atom is 0.149 e. The molecule has 0 radical (unpaired) electrons. The molecule has 2 nitrogen and oxygen atoms in total. The van der Waals surface area contributed by atoms with Crippen LogP contribution in [0.2, 0.25) is 0 Å². The van der Waals surface area contributed by atoms with Crippen LogP contribution in [0, 0.1) is 5.92 Å². The zero-order valence-corrected chi connectivity index (χ0v) is 7.75. The predicted molar refractivity (Wildman–Crippen MR) is 48.5 cm³/mol. The third-order valence-corrected chi connectivity index (χ3v) is 2.91. The van der Waals surface area contributed by atoms with Crippen molar-refractivity contribution in [3.63, 3.8) is 0 Å². The fraction of sp³-hybridized carbons (Fsp3) is 0.700. The van der Waals surface area contributed by atoms with Crippen LogP contribution >= 0.6 is 0 Å². The Morgan fingerprint density at radius 2 is 2.14 bits per heavy atom. The van der Waals surface area contributed by atoms with Crippen molar-refractivity contribution in [2.75, 3.05) is 6.54 Å². The first-order chi connectivity index (χ1) is 6.66. The van der Waals surface area contributed by atoms with Gasteiger partial charge in [0.25, 0.3) is 0 Å². The Kier molecular flexibility index (Phi) is 2.63. The number of hydrogen-bond acceptors (Lipinski definition) is 2. The maximum absolute atomic E-state index is 13.0. The SMILES string of the molecule is O=C1CN[C@H](C2C=CC(F)C(F)C2)C1. The molecule has 0 amide bonds. The minimum Gasteiger partial charge on any atom is -0.306 e. The maximum atomic E-state index is 13.0. The molecule has 0 aromatic heterocycles. The van der Waals surface area contributed by atoms with Gasteiger partial charge >= 0.3 is 0 Å². The first-order valence-electron chi connectivity index (χ1n) is 4.88. The standard InChI is InChI=1S/C10H13F2NO/c11-8-2-1-6(3-9(8)12)10-4-7(14)5-13-10/h1-2,6,8-10,13H,3-5H2/t6?,8?,9?,10-/m0/s1. The van der Waals surface area contributed by atoms with E-state index in [2.05, 4.69) is 5.32 Å². The number of ketones is 1. The van der Waals surface area contributed by atoms with Gasteiger partial charge < -0.3 is 5.32 Å². The number of Topliss-reactive ketones (excluding diaryl/α,β-unsaturated/α-hetero) is 1. The van der Waals surface area contributed by atoms with Crippen LogP contribution in [-0.4, -0.2) is 30.7 Å². The lowest BCUT2D eigenvalue weighted by molar-refractivity contribution is -0.116. The van der Waals surface area contributed by atoms with Crippen LogP contribution in [0.15, 0.2) is 12.2 Å². The minimum atomic E-state index is -1.47. The van der Waals surface area contributed by atoms with Gasteiger partial charge in [0.2, 0.25) is 0 Å². The van der Waals surface area contributed by atoms with Gasteiger partial charge in [-0.15, -0.1) is 0 Å². The van der Waals surface area contributed by atoms with Gasteiger partial charge in [0.05, 0.1) is 6.54 Å². The Morgan fingerprint density at radius 3 is 2.71 bits per heavy atom. The lowest BCUT2D eigenvalue weighted by Gasteiger charge is -2.26. The molecule has 0 saturated carbocycles. The van der Waals surface area contributed by atoms with Crippen LogP contribution in [0.4, 0.5) is 8.78 Å². The van der Waals surface area contributed by atoms with Crippen LogP contribution in [-0.2, 0) is 4.79 Å². The number of alkyl halides is 2. The van der Waals surface area contributed by atoms with E-state index < -0.39 is 12.3 Å². The fourth-order valence-corrected chi connectivity index (χ4v) is 2.07. The van der Waals surface area contributed by atoms with Crippen molar-refractivity contribution in [1.82, 2.24) is 5.32 Å². The van der Waals surface area contributed by atoms with Gasteiger partial charge in [0, 0.05) is 12.5 Å². The molecule has 0 aromatic rings. The van der Waals surface area contributed by atoms with Crippen LogP contribution in [0.3, 0.4) is 0 Å². The molecule has 0 bridgehead atoms. The molecule has 1 fully saturated rings. The first-order valence-corrected chi connectivity index (χ1v) is 4.88. The summed E-state index contributed by atoms with van der Waals surface area (Å²) in [5.41, 5.74) is 0. The Balaban J connectivity index is 1.99. The van der Waals surface area contributed by atoms with Gasteiger partial charge in [-0.1, -0.05) is 12.2 Å². The van der Waals surface area contributed by atoms with Crippen molar-refractivity contribution in [2.45, 2.75) is 31.2 Å². The van der Waals surface area contributed by atoms with E-state index in [0.717, 1.165) is 0 Å². The molecule has 3 unspecified atom stereocenters. The minimum absolute atomic E-state index is 0.00417. The highest BCUT2D eigenvalue weighted by Crippen LogP contribution is 2.27. The van der Waals surface area contributed by atoms with Crippen molar-refractivity contribution in [2.24, 2.45) is 5.92 Å². The van der Waals surface area contributed by atoms with Crippen molar-refractivity contribution in [1.29, 1.82) is 0 Å². The van der Waals surface area contributed by atoms with Gasteiger partial charge in [-0.25, -0.2) is 8.78 Å². The average Bonchev–Trinajstić information content (AvgIpc) is 2.57. The largest absolute Gasteiger partial charge is 0.306 e. The molecule has 1 aliphatic heterocycles. The predicted octanol–water partition coefficient (Wildman–Crippen LogP) is 1.17. The molecule has 2 aliphatic rings. The van der Waals surface area contributed by atoms with E-state index in [4.69, 9.17) is 0 Å². The highest BCUT2D eigenvalue weighted by atomic mass is 19.2. The Bertz CT molecular complexity index is 267. The number of rotatable bonds is 1. The number of halogens is 2. The van der Waals surface area contributed by atoms with E-state index in [1.54, 1.807) is 6.08 Å². The number of allylic oxidation sites excluding steroid dienone is 1. The van der Waals surface area contributed by atoms with E-state index in [0.29, 0.717) is 13.0 Å². The van der Waals surface area contributed by atoms with Gasteiger partial charge in [-0.2, -0.15) is 0 Å². The summed E-state index contributed by atoms with van der Waals surface area (Å²) in [5.74, 6) is 0.115. The molecule has 0 spiro atoms. The van der Waals surface area contributed by atoms with Crippen LogP contribution in [0.1, 0.15) is 12.8 Å². The molecular formula is C10H13F2NO. The molecule has 4 heteroatoms. The highest BCUT2D eigenvalue weighted by molar-refractivity contribution is 5.83. The molecule has 0 aromatic carbocycles. The van der Waals surface area contributed by atoms with Crippen molar-refractivity contribution >= 4 is 5.78 Å². The smallest absolute Gasteiger partial charge is 0.149 e. The van der Waals surface area contributed by atoms with E-state index >= 15 is 0 Å². The Morgan fingerprint density at radius 1 is 1.36 bits per heavy atom. The Labute approximate surface area is 81.4 Å². The third kappa shape index (κ3) is 1.85. The van der Waals surface area contributed by atoms with E-state index in [9.17, 15) is 13.6 Å². The number of carbonyl (C=O) groups excluding carboxylic acids is 1. The van der Waals surface area contributed by atoms with Crippen LogP contribution in [0.5, 0.6) is 0 Å². The molecule has 14 heavy (non-hydrogen) atoms. The van der Waals surface area contributed by atoms with Crippen LogP contribution < -0.4 is 5.32 Å². The van der Waals surface area contributed by atoms with E-state index in [-0.39, 0.29) is 24.2 Å². The second kappa shape index (κ2) is 3.77.